The fourth-order valence-corrected chi connectivity index (χ4v) is 3.88. The molecule has 1 aliphatic heterocycles. The SMILES string of the molecule is O=C(CN1C(=O)c2ccccc2C1=O)NCC(c1cccs1)n1cccn1. The summed E-state index contributed by atoms with van der Waals surface area (Å²) in [5.41, 5.74) is 0.673. The van der Waals surface area contributed by atoms with Crippen LogP contribution in [0.3, 0.4) is 0 Å². The van der Waals surface area contributed by atoms with E-state index in [0.29, 0.717) is 17.7 Å². The summed E-state index contributed by atoms with van der Waals surface area (Å²) in [5, 5.41) is 9.04. The van der Waals surface area contributed by atoms with E-state index in [9.17, 15) is 14.4 Å². The third-order valence-corrected chi connectivity index (χ3v) is 5.36. The van der Waals surface area contributed by atoms with Crippen LogP contribution in [0.15, 0.2) is 60.2 Å². The van der Waals surface area contributed by atoms with Crippen molar-refractivity contribution < 1.29 is 14.4 Å². The van der Waals surface area contributed by atoms with E-state index in [0.717, 1.165) is 9.78 Å². The fraction of sp³-hybridized carbons (Fsp3) is 0.158. The Morgan fingerprint density at radius 1 is 1.07 bits per heavy atom. The smallest absolute Gasteiger partial charge is 0.262 e. The van der Waals surface area contributed by atoms with Gasteiger partial charge in [-0.3, -0.25) is 24.0 Å². The Hall–Kier alpha value is -3.26. The van der Waals surface area contributed by atoms with Gasteiger partial charge in [0.05, 0.1) is 11.1 Å². The number of aromatic nitrogens is 2. The molecular weight excluding hydrogens is 364 g/mol. The standard InChI is InChI=1S/C19H16N4O3S/c24-17(12-22-18(25)13-5-1-2-6-14(13)19(22)26)20-11-15(16-7-3-10-27-16)23-9-4-8-21-23/h1-10,15H,11-12H2,(H,20,24). The highest BCUT2D eigenvalue weighted by atomic mass is 32.1. The average molecular weight is 380 g/mol. The first kappa shape index (κ1) is 17.2. The van der Waals surface area contributed by atoms with Crippen LogP contribution in [0.4, 0.5) is 0 Å². The van der Waals surface area contributed by atoms with Crippen molar-refractivity contribution in [1.29, 1.82) is 0 Å². The van der Waals surface area contributed by atoms with Crippen LogP contribution in [0.1, 0.15) is 31.6 Å². The number of amides is 3. The minimum absolute atomic E-state index is 0.147. The van der Waals surface area contributed by atoms with E-state index in [4.69, 9.17) is 0 Å². The highest BCUT2D eigenvalue weighted by Crippen LogP contribution is 2.23. The number of hydrogen-bond donors (Lipinski definition) is 1. The summed E-state index contributed by atoms with van der Waals surface area (Å²) in [6.45, 7) is 0.00676. The van der Waals surface area contributed by atoms with Crippen molar-refractivity contribution in [3.8, 4) is 0 Å². The van der Waals surface area contributed by atoms with Crippen LogP contribution in [-0.4, -0.2) is 45.5 Å². The lowest BCUT2D eigenvalue weighted by Gasteiger charge is -2.18. The summed E-state index contributed by atoms with van der Waals surface area (Å²) < 4.78 is 1.77. The summed E-state index contributed by atoms with van der Waals surface area (Å²) in [6.07, 6.45) is 3.52. The first-order valence-corrected chi connectivity index (χ1v) is 9.27. The van der Waals surface area contributed by atoms with E-state index >= 15 is 0 Å². The number of imide groups is 1. The number of benzene rings is 1. The van der Waals surface area contributed by atoms with E-state index < -0.39 is 17.7 Å². The number of carbonyl (C=O) groups is 3. The van der Waals surface area contributed by atoms with Gasteiger partial charge in [-0.05, 0) is 29.6 Å². The zero-order chi connectivity index (χ0) is 18.8. The number of fused-ring (bicyclic) bond motifs is 1. The number of nitrogens with zero attached hydrogens (tertiary/aromatic N) is 3. The maximum atomic E-state index is 12.4. The minimum Gasteiger partial charge on any atom is -0.352 e. The van der Waals surface area contributed by atoms with E-state index in [1.165, 1.54) is 0 Å². The lowest BCUT2D eigenvalue weighted by atomic mass is 10.1. The molecule has 1 N–H and O–H groups in total. The number of thiophene rings is 1. The van der Waals surface area contributed by atoms with Crippen molar-refractivity contribution in [3.63, 3.8) is 0 Å². The molecule has 1 aromatic carbocycles. The molecule has 3 amide bonds. The molecule has 1 aliphatic rings. The Morgan fingerprint density at radius 3 is 2.41 bits per heavy atom. The summed E-state index contributed by atoms with van der Waals surface area (Å²) in [6, 6.07) is 12.2. The molecule has 1 atom stereocenters. The van der Waals surface area contributed by atoms with E-state index in [1.54, 1.807) is 46.5 Å². The maximum absolute atomic E-state index is 12.4. The predicted octanol–water partition coefficient (Wildman–Crippen LogP) is 1.95. The fourth-order valence-electron chi connectivity index (χ4n) is 3.06. The van der Waals surface area contributed by atoms with Crippen LogP contribution in [0, 0.1) is 0 Å². The monoisotopic (exact) mass is 380 g/mol. The molecular formula is C19H16N4O3S. The second kappa shape index (κ2) is 7.16. The molecule has 0 bridgehead atoms. The summed E-state index contributed by atoms with van der Waals surface area (Å²) >= 11 is 1.58. The third-order valence-electron chi connectivity index (χ3n) is 4.39. The number of nitrogens with one attached hydrogen (secondary N) is 1. The summed E-state index contributed by atoms with van der Waals surface area (Å²) in [5.74, 6) is -1.27. The first-order valence-electron chi connectivity index (χ1n) is 8.39. The second-order valence-corrected chi connectivity index (χ2v) is 7.04. The Labute approximate surface area is 159 Å². The van der Waals surface area contributed by atoms with Gasteiger partial charge in [-0.2, -0.15) is 5.10 Å². The van der Waals surface area contributed by atoms with Gasteiger partial charge in [0.1, 0.15) is 12.6 Å². The molecule has 0 radical (unpaired) electrons. The van der Waals surface area contributed by atoms with Gasteiger partial charge in [-0.1, -0.05) is 18.2 Å². The predicted molar refractivity (Wildman–Crippen MR) is 99.5 cm³/mol. The summed E-state index contributed by atoms with van der Waals surface area (Å²) in [4.78, 5) is 39.2. The topological polar surface area (TPSA) is 84.3 Å². The molecule has 27 heavy (non-hydrogen) atoms. The van der Waals surface area contributed by atoms with Crippen LogP contribution in [0.5, 0.6) is 0 Å². The molecule has 3 aromatic rings. The number of hydrogen-bond acceptors (Lipinski definition) is 5. The molecule has 0 saturated carbocycles. The van der Waals surface area contributed by atoms with Crippen molar-refractivity contribution in [2.24, 2.45) is 0 Å². The average Bonchev–Trinajstić information content (AvgIpc) is 3.43. The van der Waals surface area contributed by atoms with Crippen LogP contribution in [-0.2, 0) is 4.79 Å². The Morgan fingerprint density at radius 2 is 1.81 bits per heavy atom. The van der Waals surface area contributed by atoms with Gasteiger partial charge in [0.25, 0.3) is 11.8 Å². The zero-order valence-electron chi connectivity index (χ0n) is 14.2. The van der Waals surface area contributed by atoms with Crippen molar-refractivity contribution in [1.82, 2.24) is 20.0 Å². The van der Waals surface area contributed by atoms with Crippen LogP contribution >= 0.6 is 11.3 Å². The molecule has 3 heterocycles. The van der Waals surface area contributed by atoms with Crippen molar-refractivity contribution in [2.45, 2.75) is 6.04 Å². The van der Waals surface area contributed by atoms with Gasteiger partial charge >= 0.3 is 0 Å². The normalized spacial score (nSPS) is 14.3. The minimum atomic E-state index is -0.437. The zero-order valence-corrected chi connectivity index (χ0v) is 15.1. The largest absolute Gasteiger partial charge is 0.352 e. The molecule has 8 heteroatoms. The van der Waals surface area contributed by atoms with Crippen LogP contribution in [0.25, 0.3) is 0 Å². The first-order chi connectivity index (χ1) is 13.1. The molecule has 0 fully saturated rings. The molecule has 0 saturated heterocycles. The van der Waals surface area contributed by atoms with Gasteiger partial charge in [-0.15, -0.1) is 11.3 Å². The molecule has 4 rings (SSSR count). The van der Waals surface area contributed by atoms with Gasteiger partial charge < -0.3 is 5.32 Å². The number of carbonyl (C=O) groups excluding carboxylic acids is 3. The lowest BCUT2D eigenvalue weighted by molar-refractivity contribution is -0.121. The van der Waals surface area contributed by atoms with Gasteiger partial charge in [0.15, 0.2) is 0 Å². The van der Waals surface area contributed by atoms with Crippen molar-refractivity contribution in [2.75, 3.05) is 13.1 Å². The molecule has 1 unspecified atom stereocenters. The van der Waals surface area contributed by atoms with Crippen LogP contribution in [0.2, 0.25) is 0 Å². The highest BCUT2D eigenvalue weighted by molar-refractivity contribution is 7.10. The Kier molecular flexibility index (Phi) is 4.55. The number of rotatable bonds is 6. The van der Waals surface area contributed by atoms with E-state index in [-0.39, 0.29) is 12.6 Å². The molecule has 0 aliphatic carbocycles. The van der Waals surface area contributed by atoms with Gasteiger partial charge in [0.2, 0.25) is 5.91 Å². The van der Waals surface area contributed by atoms with E-state index in [2.05, 4.69) is 10.4 Å². The molecule has 136 valence electrons. The second-order valence-electron chi connectivity index (χ2n) is 6.06. The van der Waals surface area contributed by atoms with Gasteiger partial charge in [-0.25, -0.2) is 0 Å². The third kappa shape index (κ3) is 3.26. The lowest BCUT2D eigenvalue weighted by Crippen LogP contribution is -2.42. The van der Waals surface area contributed by atoms with Gasteiger partial charge in [0, 0.05) is 23.8 Å². The van der Waals surface area contributed by atoms with Crippen molar-refractivity contribution >= 4 is 29.1 Å². The van der Waals surface area contributed by atoms with Crippen molar-refractivity contribution in [3.05, 3.63) is 76.2 Å². The summed E-state index contributed by atoms with van der Waals surface area (Å²) in [7, 11) is 0. The Bertz CT molecular complexity index is 913. The Balaban J connectivity index is 1.43. The quantitative estimate of drug-likeness (QED) is 0.663. The molecule has 0 spiro atoms. The van der Waals surface area contributed by atoms with E-state index in [1.807, 2.05) is 29.8 Å². The molecule has 7 nitrogen and oxygen atoms in total. The molecule has 2 aromatic heterocycles. The van der Waals surface area contributed by atoms with Crippen LogP contribution < -0.4 is 5.32 Å². The maximum Gasteiger partial charge on any atom is 0.262 e. The highest BCUT2D eigenvalue weighted by Gasteiger charge is 2.36.